The van der Waals surface area contributed by atoms with Gasteiger partial charge in [0.2, 0.25) is 0 Å². The van der Waals surface area contributed by atoms with Crippen LogP contribution in [-0.2, 0) is 19.3 Å². The van der Waals surface area contributed by atoms with Crippen molar-refractivity contribution < 1.29 is 0 Å². The summed E-state index contributed by atoms with van der Waals surface area (Å²) < 4.78 is 0. The van der Waals surface area contributed by atoms with Crippen LogP contribution in [0.5, 0.6) is 0 Å². The van der Waals surface area contributed by atoms with E-state index in [4.69, 9.17) is 16.6 Å². The fraction of sp³-hybridized carbons (Fsp3) is 0.333. The number of benzene rings is 1. The van der Waals surface area contributed by atoms with E-state index >= 15 is 0 Å². The Morgan fingerprint density at radius 2 is 2.00 bits per heavy atom. The van der Waals surface area contributed by atoms with Gasteiger partial charge in [-0.2, -0.15) is 0 Å². The Kier molecular flexibility index (Phi) is 2.21. The highest BCUT2D eigenvalue weighted by atomic mass is 35.5. The lowest BCUT2D eigenvalue weighted by Gasteiger charge is -2.29. The van der Waals surface area contributed by atoms with E-state index in [2.05, 4.69) is 29.2 Å². The van der Waals surface area contributed by atoms with Gasteiger partial charge in [0.1, 0.15) is 11.0 Å². The van der Waals surface area contributed by atoms with Gasteiger partial charge in [0, 0.05) is 17.2 Å². The van der Waals surface area contributed by atoms with Crippen molar-refractivity contribution in [3.63, 3.8) is 0 Å². The highest BCUT2D eigenvalue weighted by molar-refractivity contribution is 6.30. The van der Waals surface area contributed by atoms with E-state index in [1.54, 1.807) is 0 Å². The number of hydrogen-bond donors (Lipinski definition) is 0. The van der Waals surface area contributed by atoms with Gasteiger partial charge in [-0.1, -0.05) is 35.9 Å². The average molecular weight is 257 g/mol. The maximum Gasteiger partial charge on any atom is 0.138 e. The number of aromatic nitrogens is 2. The number of hydrogen-bond acceptors (Lipinski definition) is 2. The highest BCUT2D eigenvalue weighted by Crippen LogP contribution is 2.39. The number of halogens is 1. The van der Waals surface area contributed by atoms with Crippen molar-refractivity contribution in [2.75, 3.05) is 0 Å². The lowest BCUT2D eigenvalue weighted by molar-refractivity contribution is 0.654. The van der Waals surface area contributed by atoms with Crippen LogP contribution in [-0.4, -0.2) is 9.97 Å². The number of rotatable bonds is 1. The topological polar surface area (TPSA) is 25.8 Å². The van der Waals surface area contributed by atoms with Crippen LogP contribution in [0, 0.1) is 0 Å². The van der Waals surface area contributed by atoms with Crippen molar-refractivity contribution >= 4 is 11.6 Å². The molecule has 0 N–H and O–H groups in total. The van der Waals surface area contributed by atoms with Crippen LogP contribution < -0.4 is 0 Å². The van der Waals surface area contributed by atoms with Gasteiger partial charge in [-0.15, -0.1) is 0 Å². The maximum absolute atomic E-state index is 6.28. The first kappa shape index (κ1) is 10.5. The minimum Gasteiger partial charge on any atom is -0.237 e. The summed E-state index contributed by atoms with van der Waals surface area (Å²) in [6, 6.07) is 8.53. The molecule has 4 rings (SSSR count). The Hall–Kier alpha value is -1.41. The summed E-state index contributed by atoms with van der Waals surface area (Å²) in [5.74, 6) is 1.27. The van der Waals surface area contributed by atoms with Crippen LogP contribution in [0.3, 0.4) is 0 Å². The van der Waals surface area contributed by atoms with Crippen LogP contribution in [0.25, 0.3) is 0 Å². The SMILES string of the molecule is Clc1nc(C2Cc3ccccc32)nc2c1CCC2. The van der Waals surface area contributed by atoms with Crippen molar-refractivity contribution in [2.24, 2.45) is 0 Å². The molecule has 0 saturated carbocycles. The standard InChI is InChI=1S/C15H13ClN2/c16-14-11-6-3-7-13(11)17-15(18-14)12-8-9-4-1-2-5-10(9)12/h1-2,4-5,12H,3,6-8H2. The Morgan fingerprint density at radius 1 is 1.11 bits per heavy atom. The molecule has 0 spiro atoms. The van der Waals surface area contributed by atoms with Crippen molar-refractivity contribution in [3.05, 3.63) is 57.6 Å². The number of fused-ring (bicyclic) bond motifs is 2. The third-order valence-corrected chi connectivity index (χ3v) is 4.38. The van der Waals surface area contributed by atoms with Crippen LogP contribution in [0.15, 0.2) is 24.3 Å². The molecule has 0 fully saturated rings. The van der Waals surface area contributed by atoms with Gasteiger partial charge in [0.05, 0.1) is 0 Å². The molecule has 2 nitrogen and oxygen atoms in total. The lowest BCUT2D eigenvalue weighted by Crippen LogP contribution is -2.21. The second kappa shape index (κ2) is 3.79. The van der Waals surface area contributed by atoms with Gasteiger partial charge in [-0.3, -0.25) is 0 Å². The van der Waals surface area contributed by atoms with Crippen LogP contribution in [0.1, 0.15) is 40.5 Å². The zero-order chi connectivity index (χ0) is 12.1. The summed E-state index contributed by atoms with van der Waals surface area (Å²) in [6.07, 6.45) is 4.30. The molecular formula is C15H13ClN2. The summed E-state index contributed by atoms with van der Waals surface area (Å²) in [5, 5.41) is 0.678. The Labute approximate surface area is 111 Å². The molecule has 0 saturated heterocycles. The molecule has 3 heteroatoms. The average Bonchev–Trinajstić information content (AvgIpc) is 2.79. The van der Waals surface area contributed by atoms with Crippen molar-refractivity contribution in [1.82, 2.24) is 9.97 Å². The van der Waals surface area contributed by atoms with E-state index in [0.29, 0.717) is 11.1 Å². The van der Waals surface area contributed by atoms with Crippen molar-refractivity contribution in [1.29, 1.82) is 0 Å². The summed E-state index contributed by atoms with van der Waals surface area (Å²) in [6.45, 7) is 0. The summed E-state index contributed by atoms with van der Waals surface area (Å²) in [4.78, 5) is 9.26. The molecule has 90 valence electrons. The van der Waals surface area contributed by atoms with Crippen molar-refractivity contribution in [2.45, 2.75) is 31.6 Å². The number of aryl methyl sites for hydroxylation is 1. The molecule has 2 aliphatic carbocycles. The predicted octanol–water partition coefficient (Wildman–Crippen LogP) is 3.31. The molecule has 0 aliphatic heterocycles. The maximum atomic E-state index is 6.28. The minimum absolute atomic E-state index is 0.351. The third-order valence-electron chi connectivity index (χ3n) is 4.07. The fourth-order valence-electron chi connectivity index (χ4n) is 3.05. The summed E-state index contributed by atoms with van der Waals surface area (Å²) >= 11 is 6.28. The highest BCUT2D eigenvalue weighted by Gasteiger charge is 2.31. The normalized spacial score (nSPS) is 20.2. The first-order valence-corrected chi connectivity index (χ1v) is 6.83. The van der Waals surface area contributed by atoms with Gasteiger partial charge in [-0.05, 0) is 36.8 Å². The Morgan fingerprint density at radius 3 is 2.89 bits per heavy atom. The Balaban J connectivity index is 1.78. The molecule has 2 aromatic rings. The van der Waals surface area contributed by atoms with E-state index in [0.717, 1.165) is 31.5 Å². The predicted molar refractivity (Wildman–Crippen MR) is 71.1 cm³/mol. The summed E-state index contributed by atoms with van der Waals surface area (Å²) in [5.41, 5.74) is 5.14. The quantitative estimate of drug-likeness (QED) is 0.732. The monoisotopic (exact) mass is 256 g/mol. The molecule has 1 aromatic carbocycles. The summed E-state index contributed by atoms with van der Waals surface area (Å²) in [7, 11) is 0. The first-order valence-electron chi connectivity index (χ1n) is 6.46. The zero-order valence-corrected chi connectivity index (χ0v) is 10.7. The Bertz CT molecular complexity index is 636. The second-order valence-corrected chi connectivity index (χ2v) is 5.46. The molecular weight excluding hydrogens is 244 g/mol. The molecule has 0 radical (unpaired) electrons. The third kappa shape index (κ3) is 1.42. The van der Waals surface area contributed by atoms with E-state index < -0.39 is 0 Å². The van der Waals surface area contributed by atoms with Crippen LogP contribution >= 0.6 is 11.6 Å². The smallest absolute Gasteiger partial charge is 0.138 e. The van der Waals surface area contributed by atoms with Gasteiger partial charge in [0.25, 0.3) is 0 Å². The zero-order valence-electron chi connectivity index (χ0n) is 9.99. The molecule has 1 atom stereocenters. The molecule has 0 amide bonds. The lowest BCUT2D eigenvalue weighted by atomic mass is 9.77. The van der Waals surface area contributed by atoms with E-state index in [1.165, 1.54) is 22.4 Å². The molecule has 1 unspecified atom stereocenters. The van der Waals surface area contributed by atoms with Gasteiger partial charge in [0.15, 0.2) is 0 Å². The largest absolute Gasteiger partial charge is 0.237 e. The molecule has 1 heterocycles. The van der Waals surface area contributed by atoms with Gasteiger partial charge < -0.3 is 0 Å². The number of nitrogens with zero attached hydrogens (tertiary/aromatic N) is 2. The molecule has 18 heavy (non-hydrogen) atoms. The van der Waals surface area contributed by atoms with E-state index in [1.807, 2.05) is 0 Å². The minimum atomic E-state index is 0.351. The van der Waals surface area contributed by atoms with E-state index in [9.17, 15) is 0 Å². The van der Waals surface area contributed by atoms with Crippen LogP contribution in [0.2, 0.25) is 5.15 Å². The fourth-order valence-corrected chi connectivity index (χ4v) is 3.34. The van der Waals surface area contributed by atoms with Gasteiger partial charge in [-0.25, -0.2) is 9.97 Å². The van der Waals surface area contributed by atoms with Crippen molar-refractivity contribution in [3.8, 4) is 0 Å². The molecule has 0 bridgehead atoms. The molecule has 2 aliphatic rings. The van der Waals surface area contributed by atoms with Gasteiger partial charge >= 0.3 is 0 Å². The van der Waals surface area contributed by atoms with E-state index in [-0.39, 0.29) is 0 Å². The second-order valence-electron chi connectivity index (χ2n) is 5.11. The van der Waals surface area contributed by atoms with Crippen LogP contribution in [0.4, 0.5) is 0 Å². The first-order chi connectivity index (χ1) is 8.83. The molecule has 1 aromatic heterocycles.